The molecule has 1 rings (SSSR count). The zero-order valence-electron chi connectivity index (χ0n) is 11.8. The largest absolute Gasteiger partial charge is 0.492 e. The van der Waals surface area contributed by atoms with Gasteiger partial charge in [0.1, 0.15) is 12.4 Å². The number of hydrogen-bond acceptors (Lipinski definition) is 2. The van der Waals surface area contributed by atoms with Gasteiger partial charge in [-0.05, 0) is 30.5 Å². The molecule has 0 saturated carbocycles. The number of aliphatic imine (C=N–C) groups is 1. The summed E-state index contributed by atoms with van der Waals surface area (Å²) < 4.78 is 5.59. The third kappa shape index (κ3) is 8.69. The van der Waals surface area contributed by atoms with Gasteiger partial charge in [-0.3, -0.25) is 4.99 Å². The number of guanidine groups is 1. The lowest BCUT2D eigenvalue weighted by Gasteiger charge is -2.09. The number of hydrogen-bond donors (Lipinski definition) is 2. The predicted octanol–water partition coefficient (Wildman–Crippen LogP) is 2.55. The summed E-state index contributed by atoms with van der Waals surface area (Å²) in [5, 5.41) is 3.03. The predicted molar refractivity (Wildman–Crippen MR) is 91.4 cm³/mol. The summed E-state index contributed by atoms with van der Waals surface area (Å²) >= 11 is 0. The minimum atomic E-state index is 0. The quantitative estimate of drug-likeness (QED) is 0.347. The Bertz CT molecular complexity index is 394. The molecule has 1 aromatic rings. The van der Waals surface area contributed by atoms with E-state index >= 15 is 0 Å². The van der Waals surface area contributed by atoms with E-state index in [1.54, 1.807) is 0 Å². The number of nitrogens with one attached hydrogen (secondary N) is 1. The Kier molecular flexibility index (Phi) is 9.38. The molecular weight excluding hydrogens is 353 g/mol. The van der Waals surface area contributed by atoms with Gasteiger partial charge in [-0.15, -0.1) is 24.0 Å². The van der Waals surface area contributed by atoms with Crippen molar-refractivity contribution in [2.24, 2.45) is 16.6 Å². The van der Waals surface area contributed by atoms with Crippen LogP contribution in [0.4, 0.5) is 0 Å². The smallest absolute Gasteiger partial charge is 0.188 e. The number of halogens is 1. The molecule has 1 aromatic carbocycles. The summed E-state index contributed by atoms with van der Waals surface area (Å²) in [4.78, 5) is 4.21. The molecule has 0 saturated heterocycles. The Morgan fingerprint density at radius 3 is 2.79 bits per heavy atom. The molecule has 5 heteroatoms. The summed E-state index contributed by atoms with van der Waals surface area (Å²) in [5.41, 5.74) is 6.90. The van der Waals surface area contributed by atoms with E-state index in [9.17, 15) is 0 Å². The van der Waals surface area contributed by atoms with Crippen LogP contribution < -0.4 is 15.8 Å². The maximum absolute atomic E-state index is 5.71. The van der Waals surface area contributed by atoms with Gasteiger partial charge in [-0.25, -0.2) is 0 Å². The van der Waals surface area contributed by atoms with Crippen molar-refractivity contribution in [3.05, 3.63) is 29.8 Å². The van der Waals surface area contributed by atoms with Crippen molar-refractivity contribution < 1.29 is 4.74 Å². The maximum atomic E-state index is 5.71. The summed E-state index contributed by atoms with van der Waals surface area (Å²) in [5.74, 6) is 1.89. The normalized spacial score (nSPS) is 11.1. The van der Waals surface area contributed by atoms with Gasteiger partial charge in [0.2, 0.25) is 0 Å². The van der Waals surface area contributed by atoms with Crippen LogP contribution in [0.1, 0.15) is 19.4 Å². The van der Waals surface area contributed by atoms with E-state index in [0.717, 1.165) is 12.3 Å². The van der Waals surface area contributed by atoms with Crippen molar-refractivity contribution in [3.8, 4) is 5.75 Å². The van der Waals surface area contributed by atoms with Crippen LogP contribution in [0.3, 0.4) is 0 Å². The van der Waals surface area contributed by atoms with E-state index in [0.29, 0.717) is 25.0 Å². The van der Waals surface area contributed by atoms with Crippen LogP contribution in [0.15, 0.2) is 29.3 Å². The molecule has 0 unspecified atom stereocenters. The first-order valence-corrected chi connectivity index (χ1v) is 6.31. The third-order valence-corrected chi connectivity index (χ3v) is 2.29. The first kappa shape index (κ1) is 18.0. The van der Waals surface area contributed by atoms with Gasteiger partial charge in [0.15, 0.2) is 5.96 Å². The highest BCUT2D eigenvalue weighted by atomic mass is 127. The van der Waals surface area contributed by atoms with E-state index in [4.69, 9.17) is 10.5 Å². The number of nitrogens with two attached hydrogens (primary N) is 1. The van der Waals surface area contributed by atoms with Gasteiger partial charge >= 0.3 is 0 Å². The molecule has 0 amide bonds. The molecule has 0 bridgehead atoms. The molecule has 108 valence electrons. The van der Waals surface area contributed by atoms with Crippen LogP contribution in [0.5, 0.6) is 5.75 Å². The molecule has 0 fully saturated rings. The van der Waals surface area contributed by atoms with E-state index in [1.807, 2.05) is 31.2 Å². The second kappa shape index (κ2) is 9.89. The lowest BCUT2D eigenvalue weighted by molar-refractivity contribution is 0.322. The van der Waals surface area contributed by atoms with Crippen LogP contribution >= 0.6 is 24.0 Å². The molecule has 0 aromatic heterocycles. The average Bonchev–Trinajstić information content (AvgIpc) is 2.32. The van der Waals surface area contributed by atoms with Crippen molar-refractivity contribution in [2.75, 3.05) is 19.7 Å². The van der Waals surface area contributed by atoms with Gasteiger partial charge in [-0.1, -0.05) is 26.0 Å². The second-order valence-electron chi connectivity index (χ2n) is 4.71. The summed E-state index contributed by atoms with van der Waals surface area (Å²) in [6.07, 6.45) is 0. The maximum Gasteiger partial charge on any atom is 0.188 e. The van der Waals surface area contributed by atoms with E-state index in [-0.39, 0.29) is 24.0 Å². The van der Waals surface area contributed by atoms with Gasteiger partial charge in [0.25, 0.3) is 0 Å². The van der Waals surface area contributed by atoms with E-state index in [2.05, 4.69) is 24.2 Å². The summed E-state index contributed by atoms with van der Waals surface area (Å²) in [6, 6.07) is 7.98. The molecule has 0 radical (unpaired) electrons. The summed E-state index contributed by atoms with van der Waals surface area (Å²) in [6.45, 7) is 8.23. The minimum Gasteiger partial charge on any atom is -0.492 e. The Labute approximate surface area is 132 Å². The Hall–Kier alpha value is -0.980. The lowest BCUT2D eigenvalue weighted by atomic mass is 10.2. The molecular formula is C14H24IN3O. The monoisotopic (exact) mass is 377 g/mol. The molecule has 0 spiro atoms. The number of rotatable bonds is 6. The average molecular weight is 377 g/mol. The van der Waals surface area contributed by atoms with Crippen LogP contribution in [0.25, 0.3) is 0 Å². The Balaban J connectivity index is 0.00000324. The van der Waals surface area contributed by atoms with Crippen LogP contribution in [-0.2, 0) is 0 Å². The fraction of sp³-hybridized carbons (Fsp3) is 0.500. The first-order chi connectivity index (χ1) is 8.58. The van der Waals surface area contributed by atoms with E-state index in [1.165, 1.54) is 5.56 Å². The number of benzene rings is 1. The van der Waals surface area contributed by atoms with Crippen molar-refractivity contribution in [3.63, 3.8) is 0 Å². The molecule has 0 heterocycles. The van der Waals surface area contributed by atoms with Crippen molar-refractivity contribution in [2.45, 2.75) is 20.8 Å². The van der Waals surface area contributed by atoms with Gasteiger partial charge in [0.05, 0.1) is 6.54 Å². The van der Waals surface area contributed by atoms with Crippen LogP contribution in [0, 0.1) is 12.8 Å². The van der Waals surface area contributed by atoms with Gasteiger partial charge in [0, 0.05) is 6.54 Å². The number of ether oxygens (including phenoxy) is 1. The molecule has 0 aliphatic rings. The van der Waals surface area contributed by atoms with E-state index < -0.39 is 0 Å². The SMILES string of the molecule is Cc1cccc(OCCNC(N)=NCC(C)C)c1.I. The molecule has 0 atom stereocenters. The minimum absolute atomic E-state index is 0. The lowest BCUT2D eigenvalue weighted by Crippen LogP contribution is -2.35. The Morgan fingerprint density at radius 2 is 2.16 bits per heavy atom. The summed E-state index contributed by atoms with van der Waals surface area (Å²) in [7, 11) is 0. The van der Waals surface area contributed by atoms with Gasteiger partial charge < -0.3 is 15.8 Å². The number of nitrogens with zero attached hydrogens (tertiary/aromatic N) is 1. The first-order valence-electron chi connectivity index (χ1n) is 6.31. The number of aryl methyl sites for hydroxylation is 1. The van der Waals surface area contributed by atoms with Crippen LogP contribution in [-0.4, -0.2) is 25.7 Å². The highest BCUT2D eigenvalue weighted by Crippen LogP contribution is 2.11. The van der Waals surface area contributed by atoms with Gasteiger partial charge in [-0.2, -0.15) is 0 Å². The highest BCUT2D eigenvalue weighted by Gasteiger charge is 1.96. The Morgan fingerprint density at radius 1 is 1.42 bits per heavy atom. The van der Waals surface area contributed by atoms with Crippen LogP contribution in [0.2, 0.25) is 0 Å². The fourth-order valence-electron chi connectivity index (χ4n) is 1.39. The van der Waals surface area contributed by atoms with Crippen molar-refractivity contribution in [1.29, 1.82) is 0 Å². The zero-order valence-corrected chi connectivity index (χ0v) is 14.2. The third-order valence-electron chi connectivity index (χ3n) is 2.29. The van der Waals surface area contributed by atoms with Crippen molar-refractivity contribution in [1.82, 2.24) is 5.32 Å². The fourth-order valence-corrected chi connectivity index (χ4v) is 1.39. The molecule has 4 nitrogen and oxygen atoms in total. The standard InChI is InChI=1S/C14H23N3O.HI/c1-11(2)10-17-14(15)16-7-8-18-13-6-4-5-12(3)9-13;/h4-6,9,11H,7-8,10H2,1-3H3,(H3,15,16,17);1H. The molecule has 19 heavy (non-hydrogen) atoms. The second-order valence-corrected chi connectivity index (χ2v) is 4.71. The molecule has 3 N–H and O–H groups in total. The molecule has 0 aliphatic carbocycles. The highest BCUT2D eigenvalue weighted by molar-refractivity contribution is 14.0. The zero-order chi connectivity index (χ0) is 13.4. The molecule has 0 aliphatic heterocycles. The van der Waals surface area contributed by atoms with Crippen molar-refractivity contribution >= 4 is 29.9 Å². The topological polar surface area (TPSA) is 59.6 Å².